The van der Waals surface area contributed by atoms with Gasteiger partial charge in [-0.15, -0.1) is 0 Å². The van der Waals surface area contributed by atoms with Gasteiger partial charge in [0.1, 0.15) is 0 Å². The first kappa shape index (κ1) is 12.6. The number of likely N-dealkylation sites (N-methyl/N-ethyl adjacent to an activating group) is 1. The zero-order valence-corrected chi connectivity index (χ0v) is 11.1. The number of piperidine rings is 1. The van der Waals surface area contributed by atoms with E-state index in [2.05, 4.69) is 17.1 Å². The number of likely N-dealkylation sites (tertiary alicyclic amines) is 1. The Morgan fingerprint density at radius 3 is 3.11 bits per heavy atom. The summed E-state index contributed by atoms with van der Waals surface area (Å²) in [6.07, 6.45) is 2.62. The molecule has 6 heteroatoms. The van der Waals surface area contributed by atoms with Crippen LogP contribution in [0, 0.1) is 5.92 Å². The van der Waals surface area contributed by atoms with E-state index in [1.54, 1.807) is 6.07 Å². The minimum atomic E-state index is -0.0860. The number of ether oxygens (including phenoxy) is 1. The van der Waals surface area contributed by atoms with Crippen LogP contribution in [-0.2, 0) is 4.74 Å². The van der Waals surface area contributed by atoms with E-state index in [4.69, 9.17) is 9.26 Å². The molecule has 0 N–H and O–H groups in total. The Labute approximate surface area is 112 Å². The lowest BCUT2D eigenvalue weighted by atomic mass is 9.93. The first-order valence-corrected chi connectivity index (χ1v) is 6.74. The number of carbonyl (C=O) groups excluding carboxylic acids is 1. The second-order valence-electron chi connectivity index (χ2n) is 5.35. The fourth-order valence-corrected chi connectivity index (χ4v) is 2.88. The number of carbonyl (C=O) groups is 1. The minimum absolute atomic E-state index is 0.0860. The highest BCUT2D eigenvalue weighted by Gasteiger charge is 2.35. The molecule has 1 aromatic rings. The van der Waals surface area contributed by atoms with Crippen LogP contribution in [0.15, 0.2) is 16.8 Å². The van der Waals surface area contributed by atoms with Crippen LogP contribution in [0.2, 0.25) is 0 Å². The maximum Gasteiger partial charge on any atom is 0.292 e. The summed E-state index contributed by atoms with van der Waals surface area (Å²) in [5, 5.41) is 3.58. The van der Waals surface area contributed by atoms with Crippen LogP contribution in [0.3, 0.4) is 0 Å². The third kappa shape index (κ3) is 2.64. The summed E-state index contributed by atoms with van der Waals surface area (Å²) in [6.45, 7) is 4.16. The average Bonchev–Trinajstić information content (AvgIpc) is 2.87. The predicted octanol–water partition coefficient (Wildman–Crippen LogP) is 0.467. The molecule has 1 amide bonds. The molecule has 6 nitrogen and oxygen atoms in total. The van der Waals surface area contributed by atoms with Crippen molar-refractivity contribution in [3.63, 3.8) is 0 Å². The van der Waals surface area contributed by atoms with Gasteiger partial charge in [-0.25, -0.2) is 0 Å². The van der Waals surface area contributed by atoms with Gasteiger partial charge in [0.15, 0.2) is 0 Å². The van der Waals surface area contributed by atoms with Crippen LogP contribution in [0.4, 0.5) is 0 Å². The zero-order chi connectivity index (χ0) is 13.2. The largest absolute Gasteiger partial charge is 0.375 e. The lowest BCUT2D eigenvalue weighted by molar-refractivity contribution is -0.0180. The predicted molar refractivity (Wildman–Crippen MR) is 67.8 cm³/mol. The lowest BCUT2D eigenvalue weighted by Gasteiger charge is -2.37. The fourth-order valence-electron chi connectivity index (χ4n) is 2.88. The zero-order valence-electron chi connectivity index (χ0n) is 11.1. The summed E-state index contributed by atoms with van der Waals surface area (Å²) in [4.78, 5) is 16.3. The highest BCUT2D eigenvalue weighted by atomic mass is 16.5. The van der Waals surface area contributed by atoms with Gasteiger partial charge in [0, 0.05) is 38.2 Å². The number of fused-ring (bicyclic) bond motifs is 1. The van der Waals surface area contributed by atoms with Crippen molar-refractivity contribution in [1.82, 2.24) is 15.0 Å². The van der Waals surface area contributed by atoms with Crippen LogP contribution < -0.4 is 0 Å². The van der Waals surface area contributed by atoms with Gasteiger partial charge in [-0.2, -0.15) is 0 Å². The van der Waals surface area contributed by atoms with Crippen molar-refractivity contribution >= 4 is 5.91 Å². The first-order valence-electron chi connectivity index (χ1n) is 6.74. The Bertz CT molecular complexity index is 434. The number of nitrogens with zero attached hydrogens (tertiary/aromatic N) is 3. The Kier molecular flexibility index (Phi) is 3.52. The Morgan fingerprint density at radius 2 is 2.32 bits per heavy atom. The lowest BCUT2D eigenvalue weighted by Crippen LogP contribution is -2.48. The number of amides is 1. The van der Waals surface area contributed by atoms with Gasteiger partial charge in [-0.3, -0.25) is 4.79 Å². The van der Waals surface area contributed by atoms with Crippen LogP contribution in [0.25, 0.3) is 0 Å². The van der Waals surface area contributed by atoms with Gasteiger partial charge in [-0.1, -0.05) is 5.16 Å². The molecular formula is C13H19N3O3. The van der Waals surface area contributed by atoms with Gasteiger partial charge in [0.05, 0.1) is 18.9 Å². The molecular weight excluding hydrogens is 246 g/mol. The molecule has 0 radical (unpaired) electrons. The van der Waals surface area contributed by atoms with Crippen molar-refractivity contribution in [3.05, 3.63) is 18.0 Å². The molecule has 2 aliphatic rings. The maximum atomic E-state index is 12.2. The molecule has 0 unspecified atom stereocenters. The third-order valence-corrected chi connectivity index (χ3v) is 3.98. The van der Waals surface area contributed by atoms with Crippen LogP contribution in [0.5, 0.6) is 0 Å². The van der Waals surface area contributed by atoms with E-state index in [0.717, 1.165) is 32.7 Å². The van der Waals surface area contributed by atoms with E-state index in [1.807, 2.05) is 4.90 Å². The van der Waals surface area contributed by atoms with Gasteiger partial charge >= 0.3 is 0 Å². The van der Waals surface area contributed by atoms with E-state index in [9.17, 15) is 4.79 Å². The smallest absolute Gasteiger partial charge is 0.292 e. The van der Waals surface area contributed by atoms with Crippen molar-refractivity contribution in [2.24, 2.45) is 5.92 Å². The Balaban J connectivity index is 1.67. The average molecular weight is 265 g/mol. The minimum Gasteiger partial charge on any atom is -0.375 e. The van der Waals surface area contributed by atoms with Crippen molar-refractivity contribution < 1.29 is 14.1 Å². The molecule has 0 bridgehead atoms. The SMILES string of the molecule is CN1CCO[C@@H]2CN(C(=O)c3ccno3)CC[C@@H]2C1. The molecule has 3 rings (SSSR count). The second kappa shape index (κ2) is 5.30. The Hall–Kier alpha value is -1.40. The molecule has 2 fully saturated rings. The number of rotatable bonds is 1. The molecule has 19 heavy (non-hydrogen) atoms. The highest BCUT2D eigenvalue weighted by molar-refractivity contribution is 5.91. The van der Waals surface area contributed by atoms with Gasteiger partial charge < -0.3 is 19.1 Å². The normalized spacial score (nSPS) is 28.8. The van der Waals surface area contributed by atoms with Crippen molar-refractivity contribution in [2.45, 2.75) is 12.5 Å². The van der Waals surface area contributed by atoms with Gasteiger partial charge in [0.25, 0.3) is 5.91 Å². The van der Waals surface area contributed by atoms with Crippen LogP contribution in [0.1, 0.15) is 17.0 Å². The molecule has 0 aliphatic carbocycles. The van der Waals surface area contributed by atoms with Crippen molar-refractivity contribution in [2.75, 3.05) is 39.8 Å². The molecule has 0 saturated carbocycles. The Morgan fingerprint density at radius 1 is 1.42 bits per heavy atom. The van der Waals surface area contributed by atoms with Crippen molar-refractivity contribution in [3.8, 4) is 0 Å². The quantitative estimate of drug-likeness (QED) is 0.738. The molecule has 104 valence electrons. The summed E-state index contributed by atoms with van der Waals surface area (Å²) in [6, 6.07) is 1.61. The standard InChI is InChI=1S/C13H19N3O3/c1-15-6-7-18-12-9-16(5-3-10(12)8-15)13(17)11-2-4-14-19-11/h2,4,10,12H,3,5-9H2,1H3/t10-,12-/m1/s1. The van der Waals surface area contributed by atoms with E-state index in [-0.39, 0.29) is 12.0 Å². The number of hydrogen-bond acceptors (Lipinski definition) is 5. The molecule has 1 aromatic heterocycles. The summed E-state index contributed by atoms with van der Waals surface area (Å²) in [7, 11) is 2.12. The molecule has 0 aromatic carbocycles. The second-order valence-corrected chi connectivity index (χ2v) is 5.35. The van der Waals surface area contributed by atoms with Crippen LogP contribution in [-0.4, -0.2) is 66.8 Å². The van der Waals surface area contributed by atoms with E-state index in [1.165, 1.54) is 6.20 Å². The first-order chi connectivity index (χ1) is 9.24. The fraction of sp³-hybridized carbons (Fsp3) is 0.692. The summed E-state index contributed by atoms with van der Waals surface area (Å²) in [5.41, 5.74) is 0. The number of hydrogen-bond donors (Lipinski definition) is 0. The highest BCUT2D eigenvalue weighted by Crippen LogP contribution is 2.24. The van der Waals surface area contributed by atoms with Gasteiger partial charge in [-0.05, 0) is 13.5 Å². The molecule has 2 atom stereocenters. The molecule has 0 spiro atoms. The molecule has 3 heterocycles. The van der Waals surface area contributed by atoms with E-state index < -0.39 is 0 Å². The maximum absolute atomic E-state index is 12.2. The summed E-state index contributed by atoms with van der Waals surface area (Å²) in [5.74, 6) is 0.743. The molecule has 2 saturated heterocycles. The van der Waals surface area contributed by atoms with E-state index >= 15 is 0 Å². The van der Waals surface area contributed by atoms with Crippen LogP contribution >= 0.6 is 0 Å². The summed E-state index contributed by atoms with van der Waals surface area (Å²) < 4.78 is 10.8. The number of aromatic nitrogens is 1. The van der Waals surface area contributed by atoms with E-state index in [0.29, 0.717) is 18.2 Å². The van der Waals surface area contributed by atoms with Crippen molar-refractivity contribution in [1.29, 1.82) is 0 Å². The third-order valence-electron chi connectivity index (χ3n) is 3.98. The molecule has 2 aliphatic heterocycles. The van der Waals surface area contributed by atoms with Gasteiger partial charge in [0.2, 0.25) is 5.76 Å². The summed E-state index contributed by atoms with van der Waals surface area (Å²) >= 11 is 0. The topological polar surface area (TPSA) is 58.8 Å². The monoisotopic (exact) mass is 265 g/mol.